The van der Waals surface area contributed by atoms with E-state index in [4.69, 9.17) is 4.74 Å². The minimum absolute atomic E-state index is 0.0314. The van der Waals surface area contributed by atoms with E-state index >= 15 is 0 Å². The van der Waals surface area contributed by atoms with Gasteiger partial charge in [-0.05, 0) is 30.2 Å². The molecule has 2 rings (SSSR count). The molecule has 27 heavy (non-hydrogen) atoms. The second kappa shape index (κ2) is 10.2. The normalized spacial score (nSPS) is 11.0. The van der Waals surface area contributed by atoms with Crippen molar-refractivity contribution in [3.63, 3.8) is 0 Å². The second-order valence-corrected chi connectivity index (χ2v) is 6.49. The SMILES string of the molecule is CN=C(NCc1ccc(C)cc1)NCc1cccc(OCC(=O)N(C)C)c1. The number of nitrogens with one attached hydrogen (secondary N) is 2. The number of hydrogen-bond acceptors (Lipinski definition) is 3. The van der Waals surface area contributed by atoms with Crippen molar-refractivity contribution in [2.45, 2.75) is 20.0 Å². The van der Waals surface area contributed by atoms with Crippen molar-refractivity contribution in [1.82, 2.24) is 15.5 Å². The highest BCUT2D eigenvalue weighted by atomic mass is 16.5. The molecule has 0 saturated carbocycles. The Morgan fingerprint density at radius 2 is 1.70 bits per heavy atom. The Labute approximate surface area is 161 Å². The molecule has 0 aromatic heterocycles. The fourth-order valence-corrected chi connectivity index (χ4v) is 2.32. The molecule has 0 radical (unpaired) electrons. The lowest BCUT2D eigenvalue weighted by atomic mass is 10.1. The lowest BCUT2D eigenvalue weighted by Crippen LogP contribution is -2.36. The molecule has 2 N–H and O–H groups in total. The Bertz CT molecular complexity index is 770. The van der Waals surface area contributed by atoms with E-state index in [9.17, 15) is 4.79 Å². The average Bonchev–Trinajstić information content (AvgIpc) is 2.67. The van der Waals surface area contributed by atoms with Crippen molar-refractivity contribution in [2.24, 2.45) is 4.99 Å². The van der Waals surface area contributed by atoms with Crippen LogP contribution in [-0.2, 0) is 17.9 Å². The molecular formula is C21H28N4O2. The van der Waals surface area contributed by atoms with Gasteiger partial charge >= 0.3 is 0 Å². The molecule has 0 unspecified atom stereocenters. The van der Waals surface area contributed by atoms with Crippen molar-refractivity contribution in [3.8, 4) is 5.75 Å². The first-order chi connectivity index (χ1) is 13.0. The molecule has 6 nitrogen and oxygen atoms in total. The van der Waals surface area contributed by atoms with Gasteiger partial charge in [-0.15, -0.1) is 0 Å². The number of likely N-dealkylation sites (N-methyl/N-ethyl adjacent to an activating group) is 1. The summed E-state index contributed by atoms with van der Waals surface area (Å²) in [6.45, 7) is 3.41. The van der Waals surface area contributed by atoms with E-state index in [1.807, 2.05) is 24.3 Å². The van der Waals surface area contributed by atoms with Gasteiger partial charge in [0.25, 0.3) is 5.91 Å². The monoisotopic (exact) mass is 368 g/mol. The molecule has 0 aliphatic rings. The first-order valence-corrected chi connectivity index (χ1v) is 8.90. The molecule has 2 aromatic carbocycles. The van der Waals surface area contributed by atoms with Crippen LogP contribution in [-0.4, -0.2) is 44.5 Å². The van der Waals surface area contributed by atoms with Gasteiger partial charge in [0.15, 0.2) is 12.6 Å². The van der Waals surface area contributed by atoms with Crippen LogP contribution in [0.25, 0.3) is 0 Å². The third-order valence-corrected chi connectivity index (χ3v) is 4.02. The van der Waals surface area contributed by atoms with E-state index in [1.54, 1.807) is 21.1 Å². The Balaban J connectivity index is 1.84. The fourth-order valence-electron chi connectivity index (χ4n) is 2.32. The van der Waals surface area contributed by atoms with Crippen LogP contribution in [0.4, 0.5) is 0 Å². The maximum absolute atomic E-state index is 11.6. The van der Waals surface area contributed by atoms with Crippen molar-refractivity contribution < 1.29 is 9.53 Å². The van der Waals surface area contributed by atoms with Crippen LogP contribution in [0.15, 0.2) is 53.5 Å². The smallest absolute Gasteiger partial charge is 0.259 e. The van der Waals surface area contributed by atoms with Crippen molar-refractivity contribution in [1.29, 1.82) is 0 Å². The van der Waals surface area contributed by atoms with Crippen molar-refractivity contribution in [2.75, 3.05) is 27.7 Å². The van der Waals surface area contributed by atoms with Crippen LogP contribution in [0.5, 0.6) is 5.75 Å². The third kappa shape index (κ3) is 7.01. The van der Waals surface area contributed by atoms with Gasteiger partial charge in [0.2, 0.25) is 0 Å². The molecule has 0 saturated heterocycles. The number of nitrogens with zero attached hydrogens (tertiary/aromatic N) is 2. The van der Waals surface area contributed by atoms with Crippen LogP contribution >= 0.6 is 0 Å². The standard InChI is InChI=1S/C21H28N4O2/c1-16-8-10-17(11-9-16)13-23-21(22-2)24-14-18-6-5-7-19(12-18)27-15-20(26)25(3)4/h5-12H,13-15H2,1-4H3,(H2,22,23,24). The highest BCUT2D eigenvalue weighted by molar-refractivity contribution is 5.79. The number of benzene rings is 2. The highest BCUT2D eigenvalue weighted by Crippen LogP contribution is 2.13. The summed E-state index contributed by atoms with van der Waals surface area (Å²) in [7, 11) is 5.17. The van der Waals surface area contributed by atoms with E-state index in [-0.39, 0.29) is 12.5 Å². The zero-order valence-corrected chi connectivity index (χ0v) is 16.5. The van der Waals surface area contributed by atoms with Crippen LogP contribution < -0.4 is 15.4 Å². The summed E-state index contributed by atoms with van der Waals surface area (Å²) in [4.78, 5) is 17.4. The van der Waals surface area contributed by atoms with Gasteiger partial charge in [-0.3, -0.25) is 9.79 Å². The van der Waals surface area contributed by atoms with Crippen LogP contribution in [0, 0.1) is 6.92 Å². The zero-order valence-electron chi connectivity index (χ0n) is 16.5. The van der Waals surface area contributed by atoms with Crippen LogP contribution in [0.3, 0.4) is 0 Å². The molecule has 0 fully saturated rings. The van der Waals surface area contributed by atoms with E-state index in [1.165, 1.54) is 16.0 Å². The quantitative estimate of drug-likeness (QED) is 0.581. The topological polar surface area (TPSA) is 66.0 Å². The van der Waals surface area contributed by atoms with E-state index in [0.717, 1.165) is 11.5 Å². The first-order valence-electron chi connectivity index (χ1n) is 8.90. The van der Waals surface area contributed by atoms with Gasteiger partial charge in [0.05, 0.1) is 0 Å². The van der Waals surface area contributed by atoms with Gasteiger partial charge in [-0.25, -0.2) is 0 Å². The average molecular weight is 368 g/mol. The number of carbonyl (C=O) groups excluding carboxylic acids is 1. The Morgan fingerprint density at radius 1 is 1.04 bits per heavy atom. The molecule has 0 atom stereocenters. The number of amides is 1. The van der Waals surface area contributed by atoms with Gasteiger partial charge in [0.1, 0.15) is 5.75 Å². The highest BCUT2D eigenvalue weighted by Gasteiger charge is 2.06. The maximum Gasteiger partial charge on any atom is 0.259 e. The second-order valence-electron chi connectivity index (χ2n) is 6.49. The summed E-state index contributed by atoms with van der Waals surface area (Å²) in [5.74, 6) is 1.33. The van der Waals surface area contributed by atoms with Crippen LogP contribution in [0.1, 0.15) is 16.7 Å². The molecule has 0 heterocycles. The van der Waals surface area contributed by atoms with E-state index < -0.39 is 0 Å². The number of carbonyl (C=O) groups is 1. The van der Waals surface area contributed by atoms with E-state index in [0.29, 0.717) is 18.8 Å². The molecular weight excluding hydrogens is 340 g/mol. The maximum atomic E-state index is 11.6. The lowest BCUT2D eigenvalue weighted by Gasteiger charge is -2.14. The van der Waals surface area contributed by atoms with Gasteiger partial charge in [-0.2, -0.15) is 0 Å². The van der Waals surface area contributed by atoms with Crippen LogP contribution in [0.2, 0.25) is 0 Å². The molecule has 0 aliphatic heterocycles. The number of guanidine groups is 1. The molecule has 0 aliphatic carbocycles. The summed E-state index contributed by atoms with van der Waals surface area (Å²) in [6, 6.07) is 16.1. The molecule has 0 spiro atoms. The largest absolute Gasteiger partial charge is 0.484 e. The van der Waals surface area contributed by atoms with Gasteiger partial charge < -0.3 is 20.3 Å². The Morgan fingerprint density at radius 3 is 2.33 bits per heavy atom. The molecule has 1 amide bonds. The summed E-state index contributed by atoms with van der Waals surface area (Å²) in [5.41, 5.74) is 3.49. The third-order valence-electron chi connectivity index (χ3n) is 4.02. The van der Waals surface area contributed by atoms with Gasteiger partial charge in [0, 0.05) is 34.2 Å². The molecule has 2 aromatic rings. The lowest BCUT2D eigenvalue weighted by molar-refractivity contribution is -0.130. The zero-order chi connectivity index (χ0) is 19.6. The minimum Gasteiger partial charge on any atom is -0.484 e. The summed E-state index contributed by atoms with van der Waals surface area (Å²) in [5, 5.41) is 6.59. The Kier molecular flexibility index (Phi) is 7.67. The predicted molar refractivity (Wildman–Crippen MR) is 109 cm³/mol. The number of aliphatic imine (C=N–C) groups is 1. The summed E-state index contributed by atoms with van der Waals surface area (Å²) < 4.78 is 5.55. The van der Waals surface area contributed by atoms with Crippen molar-refractivity contribution in [3.05, 3.63) is 65.2 Å². The van der Waals surface area contributed by atoms with E-state index in [2.05, 4.69) is 46.8 Å². The predicted octanol–water partition coefficient (Wildman–Crippen LogP) is 2.33. The number of aryl methyl sites for hydroxylation is 1. The molecule has 6 heteroatoms. The fraction of sp³-hybridized carbons (Fsp3) is 0.333. The first kappa shape index (κ1) is 20.3. The number of hydrogen-bond donors (Lipinski definition) is 2. The summed E-state index contributed by atoms with van der Waals surface area (Å²) >= 11 is 0. The number of rotatable bonds is 7. The number of ether oxygens (including phenoxy) is 1. The molecule has 0 bridgehead atoms. The molecule has 144 valence electrons. The Hall–Kier alpha value is -3.02. The summed E-state index contributed by atoms with van der Waals surface area (Å²) in [6.07, 6.45) is 0. The minimum atomic E-state index is -0.0702. The van der Waals surface area contributed by atoms with Gasteiger partial charge in [-0.1, -0.05) is 42.0 Å². The van der Waals surface area contributed by atoms with Crippen molar-refractivity contribution >= 4 is 11.9 Å².